The lowest BCUT2D eigenvalue weighted by molar-refractivity contribution is 0.341. The zero-order valence-electron chi connectivity index (χ0n) is 9.99. The SMILES string of the molecule is CSCCOc1cc(C)c(S(=O)(=O)Cl)cc1C. The maximum Gasteiger partial charge on any atom is 0.261 e. The largest absolute Gasteiger partial charge is 0.492 e. The summed E-state index contributed by atoms with van der Waals surface area (Å²) in [5, 5.41) is 0. The highest BCUT2D eigenvalue weighted by Gasteiger charge is 2.15. The van der Waals surface area contributed by atoms with Gasteiger partial charge in [0.2, 0.25) is 0 Å². The molecule has 1 aromatic rings. The van der Waals surface area contributed by atoms with E-state index in [0.717, 1.165) is 11.3 Å². The van der Waals surface area contributed by atoms with Crippen LogP contribution in [0.25, 0.3) is 0 Å². The average molecular weight is 295 g/mol. The molecule has 0 fully saturated rings. The molecule has 0 heterocycles. The van der Waals surface area contributed by atoms with Crippen molar-refractivity contribution in [3.05, 3.63) is 23.3 Å². The van der Waals surface area contributed by atoms with Crippen molar-refractivity contribution in [1.82, 2.24) is 0 Å². The molecule has 6 heteroatoms. The number of hydrogen-bond donors (Lipinski definition) is 0. The van der Waals surface area contributed by atoms with Crippen LogP contribution < -0.4 is 4.74 Å². The van der Waals surface area contributed by atoms with Crippen LogP contribution in [0.4, 0.5) is 0 Å². The minimum atomic E-state index is -3.69. The molecule has 96 valence electrons. The second-order valence-corrected chi connectivity index (χ2v) is 7.18. The highest BCUT2D eigenvalue weighted by Crippen LogP contribution is 2.27. The smallest absolute Gasteiger partial charge is 0.261 e. The van der Waals surface area contributed by atoms with Gasteiger partial charge in [-0.2, -0.15) is 11.8 Å². The lowest BCUT2D eigenvalue weighted by atomic mass is 10.1. The Balaban J connectivity index is 3.02. The highest BCUT2D eigenvalue weighted by molar-refractivity contribution is 8.13. The number of thioether (sulfide) groups is 1. The molecule has 0 aromatic heterocycles. The van der Waals surface area contributed by atoms with Gasteiger partial charge in [0.05, 0.1) is 11.5 Å². The third-order valence-electron chi connectivity index (χ3n) is 2.28. The van der Waals surface area contributed by atoms with Gasteiger partial charge in [0, 0.05) is 16.4 Å². The first-order chi connectivity index (χ1) is 7.86. The highest BCUT2D eigenvalue weighted by atomic mass is 35.7. The summed E-state index contributed by atoms with van der Waals surface area (Å²) >= 11 is 1.70. The molecule has 0 saturated carbocycles. The van der Waals surface area contributed by atoms with Gasteiger partial charge in [-0.15, -0.1) is 0 Å². The molecule has 0 bridgehead atoms. The van der Waals surface area contributed by atoms with Gasteiger partial charge in [0.1, 0.15) is 5.75 Å². The molecule has 0 radical (unpaired) electrons. The first-order valence-corrected chi connectivity index (χ1v) is 8.74. The summed E-state index contributed by atoms with van der Waals surface area (Å²) in [6.07, 6.45) is 2.00. The molecular formula is C11H15ClO3S2. The molecule has 17 heavy (non-hydrogen) atoms. The Morgan fingerprint density at radius 1 is 1.29 bits per heavy atom. The van der Waals surface area contributed by atoms with Crippen molar-refractivity contribution in [3.63, 3.8) is 0 Å². The van der Waals surface area contributed by atoms with Gasteiger partial charge in [-0.1, -0.05) is 0 Å². The summed E-state index contributed by atoms with van der Waals surface area (Å²) in [5.41, 5.74) is 1.38. The molecule has 0 aliphatic heterocycles. The second kappa shape index (κ2) is 5.98. The Morgan fingerprint density at radius 3 is 2.47 bits per heavy atom. The standard InChI is InChI=1S/C11H15ClO3S2/c1-8-7-11(17(12,13)14)9(2)6-10(8)15-4-5-16-3/h6-7H,4-5H2,1-3H3. The average Bonchev–Trinajstić information content (AvgIpc) is 2.21. The topological polar surface area (TPSA) is 43.4 Å². The van der Waals surface area contributed by atoms with E-state index in [2.05, 4.69) is 0 Å². The zero-order valence-corrected chi connectivity index (χ0v) is 12.4. The van der Waals surface area contributed by atoms with E-state index in [1.165, 1.54) is 0 Å². The molecule has 0 unspecified atom stereocenters. The van der Waals surface area contributed by atoms with E-state index in [0.29, 0.717) is 17.9 Å². The Bertz CT molecular complexity index is 498. The van der Waals surface area contributed by atoms with E-state index in [9.17, 15) is 8.42 Å². The first kappa shape index (κ1) is 14.7. The molecule has 1 aromatic carbocycles. The molecule has 0 N–H and O–H groups in total. The normalized spacial score (nSPS) is 11.5. The van der Waals surface area contributed by atoms with Crippen LogP contribution in [-0.4, -0.2) is 27.0 Å². The molecular weight excluding hydrogens is 280 g/mol. The van der Waals surface area contributed by atoms with E-state index < -0.39 is 9.05 Å². The van der Waals surface area contributed by atoms with Crippen molar-refractivity contribution in [2.45, 2.75) is 18.7 Å². The van der Waals surface area contributed by atoms with Gasteiger partial charge in [-0.3, -0.25) is 0 Å². The minimum Gasteiger partial charge on any atom is -0.492 e. The number of benzene rings is 1. The van der Waals surface area contributed by atoms with Crippen LogP contribution in [0.1, 0.15) is 11.1 Å². The van der Waals surface area contributed by atoms with Crippen molar-refractivity contribution in [1.29, 1.82) is 0 Å². The fraction of sp³-hybridized carbons (Fsp3) is 0.455. The number of halogens is 1. The van der Waals surface area contributed by atoms with Crippen LogP contribution in [0.3, 0.4) is 0 Å². The van der Waals surface area contributed by atoms with Gasteiger partial charge in [-0.25, -0.2) is 8.42 Å². The van der Waals surface area contributed by atoms with Gasteiger partial charge >= 0.3 is 0 Å². The van der Waals surface area contributed by atoms with E-state index >= 15 is 0 Å². The van der Waals surface area contributed by atoms with E-state index in [1.54, 1.807) is 37.7 Å². The fourth-order valence-electron chi connectivity index (χ4n) is 1.42. The Hall–Kier alpha value is -0.390. The van der Waals surface area contributed by atoms with Gasteiger partial charge in [0.25, 0.3) is 9.05 Å². The Morgan fingerprint density at radius 2 is 1.94 bits per heavy atom. The number of ether oxygens (including phenoxy) is 1. The lowest BCUT2D eigenvalue weighted by Crippen LogP contribution is -2.03. The first-order valence-electron chi connectivity index (χ1n) is 5.04. The summed E-state index contributed by atoms with van der Waals surface area (Å²) in [6, 6.07) is 3.26. The molecule has 3 nitrogen and oxygen atoms in total. The van der Waals surface area contributed by atoms with Crippen LogP contribution in [-0.2, 0) is 9.05 Å². The lowest BCUT2D eigenvalue weighted by Gasteiger charge is -2.11. The molecule has 0 saturated heterocycles. The summed E-state index contributed by atoms with van der Waals surface area (Å²) < 4.78 is 28.2. The van der Waals surface area contributed by atoms with Crippen LogP contribution in [0, 0.1) is 13.8 Å². The van der Waals surface area contributed by atoms with Crippen molar-refractivity contribution < 1.29 is 13.2 Å². The fourth-order valence-corrected chi connectivity index (χ4v) is 2.93. The van der Waals surface area contributed by atoms with E-state index in [-0.39, 0.29) is 4.90 Å². The van der Waals surface area contributed by atoms with Crippen LogP contribution in [0.2, 0.25) is 0 Å². The van der Waals surface area contributed by atoms with Crippen molar-refractivity contribution in [3.8, 4) is 5.75 Å². The summed E-state index contributed by atoms with van der Waals surface area (Å²) in [5.74, 6) is 1.61. The van der Waals surface area contributed by atoms with Gasteiger partial charge < -0.3 is 4.74 Å². The predicted molar refractivity (Wildman–Crippen MR) is 72.8 cm³/mol. The number of rotatable bonds is 5. The van der Waals surface area contributed by atoms with Crippen molar-refractivity contribution in [2.75, 3.05) is 18.6 Å². The second-order valence-electron chi connectivity index (χ2n) is 3.66. The van der Waals surface area contributed by atoms with Crippen LogP contribution in [0.5, 0.6) is 5.75 Å². The van der Waals surface area contributed by atoms with Crippen LogP contribution in [0.15, 0.2) is 17.0 Å². The third-order valence-corrected chi connectivity index (χ3v) is 4.32. The zero-order chi connectivity index (χ0) is 13.1. The van der Waals surface area contributed by atoms with Crippen molar-refractivity contribution >= 4 is 31.5 Å². The molecule has 0 aliphatic rings. The molecule has 0 aliphatic carbocycles. The Kier molecular flexibility index (Phi) is 5.16. The predicted octanol–water partition coefficient (Wildman–Crippen LogP) is 2.97. The van der Waals surface area contributed by atoms with Gasteiger partial charge in [0.15, 0.2) is 0 Å². The van der Waals surface area contributed by atoms with E-state index in [4.69, 9.17) is 15.4 Å². The van der Waals surface area contributed by atoms with Crippen LogP contribution >= 0.6 is 22.4 Å². The van der Waals surface area contributed by atoms with E-state index in [1.807, 2.05) is 6.26 Å². The summed E-state index contributed by atoms with van der Waals surface area (Å²) in [4.78, 5) is 0.147. The monoisotopic (exact) mass is 294 g/mol. The summed E-state index contributed by atoms with van der Waals surface area (Å²) in [7, 11) is 1.66. The van der Waals surface area contributed by atoms with Gasteiger partial charge in [-0.05, 0) is 43.4 Å². The molecule has 0 spiro atoms. The van der Waals surface area contributed by atoms with Crippen molar-refractivity contribution in [2.24, 2.45) is 0 Å². The minimum absolute atomic E-state index is 0.147. The quantitative estimate of drug-likeness (QED) is 0.618. The summed E-state index contributed by atoms with van der Waals surface area (Å²) in [6.45, 7) is 4.12. The number of hydrogen-bond acceptors (Lipinski definition) is 4. The number of aryl methyl sites for hydroxylation is 2. The molecule has 1 rings (SSSR count). The molecule has 0 atom stereocenters. The molecule has 0 amide bonds. The third kappa shape index (κ3) is 4.08. The maximum atomic E-state index is 11.3. The maximum absolute atomic E-state index is 11.3. The Labute approximate surface area is 111 Å².